The van der Waals surface area contributed by atoms with Crippen LogP contribution in [0.3, 0.4) is 0 Å². The van der Waals surface area contributed by atoms with Crippen LogP contribution in [0.15, 0.2) is 54.6 Å². The second-order valence-electron chi connectivity index (χ2n) is 4.37. The van der Waals surface area contributed by atoms with Gasteiger partial charge in [-0.2, -0.15) is 0 Å². The van der Waals surface area contributed by atoms with E-state index in [2.05, 4.69) is 4.74 Å². The van der Waals surface area contributed by atoms with E-state index in [1.54, 1.807) is 0 Å². The van der Waals surface area contributed by atoms with Gasteiger partial charge in [0, 0.05) is 6.04 Å². The van der Waals surface area contributed by atoms with E-state index in [4.69, 9.17) is 10.5 Å². The molecule has 2 N–H and O–H groups in total. The van der Waals surface area contributed by atoms with Crippen LogP contribution in [0.25, 0.3) is 0 Å². The largest absolute Gasteiger partial charge is 0.469 e. The summed E-state index contributed by atoms with van der Waals surface area (Å²) in [5.41, 5.74) is 6.81. The number of methoxy groups -OCH3 is 1. The minimum absolute atomic E-state index is 0.144. The quantitative estimate of drug-likeness (QED) is 0.849. The first-order valence-corrected chi connectivity index (χ1v) is 6.34. The second-order valence-corrected chi connectivity index (χ2v) is 4.37. The number of carbonyl (C=O) groups is 1. The smallest absolute Gasteiger partial charge is 0.307 e. The normalized spacial score (nSPS) is 11.7. The van der Waals surface area contributed by atoms with Gasteiger partial charge in [-0.25, -0.2) is 0 Å². The van der Waals surface area contributed by atoms with E-state index in [1.807, 2.05) is 54.6 Å². The third-order valence-electron chi connectivity index (χ3n) is 2.88. The Kier molecular flexibility index (Phi) is 4.74. The van der Waals surface area contributed by atoms with Crippen molar-refractivity contribution in [3.63, 3.8) is 0 Å². The van der Waals surface area contributed by atoms with E-state index >= 15 is 0 Å². The molecule has 0 aliphatic heterocycles. The summed E-state index contributed by atoms with van der Waals surface area (Å²) in [6.45, 7) is 0. The van der Waals surface area contributed by atoms with Gasteiger partial charge < -0.3 is 15.2 Å². The van der Waals surface area contributed by atoms with E-state index in [-0.39, 0.29) is 12.4 Å². The van der Waals surface area contributed by atoms with Crippen molar-refractivity contribution in [1.29, 1.82) is 0 Å². The Bertz CT molecular complexity index is 569. The zero-order valence-corrected chi connectivity index (χ0v) is 11.3. The molecule has 2 aromatic rings. The van der Waals surface area contributed by atoms with Crippen LogP contribution in [-0.4, -0.2) is 13.1 Å². The summed E-state index contributed by atoms with van der Waals surface area (Å²) in [5.74, 6) is 1.12. The number of hydrogen-bond acceptors (Lipinski definition) is 4. The highest BCUT2D eigenvalue weighted by Crippen LogP contribution is 2.24. The number of para-hydroxylation sites is 1. The fraction of sp³-hybridized carbons (Fsp3) is 0.188. The average molecular weight is 271 g/mol. The zero-order valence-electron chi connectivity index (χ0n) is 11.3. The first kappa shape index (κ1) is 14.1. The minimum Gasteiger partial charge on any atom is -0.469 e. The molecule has 0 fully saturated rings. The van der Waals surface area contributed by atoms with Crippen molar-refractivity contribution in [2.45, 2.75) is 12.5 Å². The van der Waals surface area contributed by atoms with E-state index in [0.29, 0.717) is 5.75 Å². The molecule has 0 radical (unpaired) electrons. The van der Waals surface area contributed by atoms with E-state index in [9.17, 15) is 4.79 Å². The predicted molar refractivity (Wildman–Crippen MR) is 76.5 cm³/mol. The van der Waals surface area contributed by atoms with Gasteiger partial charge in [0.05, 0.1) is 13.5 Å². The number of ether oxygens (including phenoxy) is 2. The Morgan fingerprint density at radius 1 is 1.10 bits per heavy atom. The van der Waals surface area contributed by atoms with E-state index < -0.39 is 6.04 Å². The molecule has 4 nitrogen and oxygen atoms in total. The molecule has 4 heteroatoms. The lowest BCUT2D eigenvalue weighted by molar-refractivity contribution is -0.141. The molecule has 0 aliphatic rings. The van der Waals surface area contributed by atoms with Gasteiger partial charge in [-0.3, -0.25) is 4.79 Å². The highest BCUT2D eigenvalue weighted by molar-refractivity contribution is 5.70. The molecule has 1 atom stereocenters. The Balaban J connectivity index is 2.09. The first-order valence-electron chi connectivity index (χ1n) is 6.34. The van der Waals surface area contributed by atoms with Crippen molar-refractivity contribution >= 4 is 5.97 Å². The molecule has 1 unspecified atom stereocenters. The molecule has 0 spiro atoms. The van der Waals surface area contributed by atoms with Crippen LogP contribution in [0.4, 0.5) is 0 Å². The molecule has 20 heavy (non-hydrogen) atoms. The molecular formula is C16H17NO3. The van der Waals surface area contributed by atoms with Gasteiger partial charge >= 0.3 is 5.97 Å². The Morgan fingerprint density at radius 3 is 2.50 bits per heavy atom. The summed E-state index contributed by atoms with van der Waals surface area (Å²) in [4.78, 5) is 11.2. The standard InChI is InChI=1S/C16H17NO3/c1-19-16(18)11-15(17)12-6-5-9-14(10-12)20-13-7-3-2-4-8-13/h2-10,15H,11,17H2,1H3. The molecule has 0 heterocycles. The first-order chi connectivity index (χ1) is 9.69. The molecular weight excluding hydrogens is 254 g/mol. The topological polar surface area (TPSA) is 61.5 Å². The summed E-state index contributed by atoms with van der Waals surface area (Å²) in [5, 5.41) is 0. The Labute approximate surface area is 118 Å². The number of hydrogen-bond donors (Lipinski definition) is 1. The molecule has 2 aromatic carbocycles. The average Bonchev–Trinajstić information content (AvgIpc) is 2.48. The lowest BCUT2D eigenvalue weighted by Gasteiger charge is -2.12. The highest BCUT2D eigenvalue weighted by atomic mass is 16.5. The monoisotopic (exact) mass is 271 g/mol. The van der Waals surface area contributed by atoms with Crippen LogP contribution < -0.4 is 10.5 Å². The van der Waals surface area contributed by atoms with Gasteiger partial charge in [0.25, 0.3) is 0 Å². The number of carbonyl (C=O) groups excluding carboxylic acids is 1. The number of esters is 1. The van der Waals surface area contributed by atoms with Crippen LogP contribution in [0, 0.1) is 0 Å². The van der Waals surface area contributed by atoms with Gasteiger partial charge in [-0.15, -0.1) is 0 Å². The van der Waals surface area contributed by atoms with Crippen molar-refractivity contribution in [2.75, 3.05) is 7.11 Å². The molecule has 104 valence electrons. The fourth-order valence-corrected chi connectivity index (χ4v) is 1.81. The lowest BCUT2D eigenvalue weighted by atomic mass is 10.0. The molecule has 0 aliphatic carbocycles. The highest BCUT2D eigenvalue weighted by Gasteiger charge is 2.12. The van der Waals surface area contributed by atoms with Crippen molar-refractivity contribution in [3.8, 4) is 11.5 Å². The van der Waals surface area contributed by atoms with Gasteiger partial charge in [0.15, 0.2) is 0 Å². The maximum atomic E-state index is 11.2. The van der Waals surface area contributed by atoms with Gasteiger partial charge in [0.1, 0.15) is 11.5 Å². The summed E-state index contributed by atoms with van der Waals surface area (Å²) in [6.07, 6.45) is 0.144. The number of nitrogens with two attached hydrogens (primary N) is 1. The minimum atomic E-state index is -0.401. The molecule has 0 aromatic heterocycles. The van der Waals surface area contributed by atoms with Crippen molar-refractivity contribution < 1.29 is 14.3 Å². The summed E-state index contributed by atoms with van der Waals surface area (Å²) < 4.78 is 10.3. The van der Waals surface area contributed by atoms with Gasteiger partial charge in [-0.1, -0.05) is 30.3 Å². The number of rotatable bonds is 5. The molecule has 0 saturated carbocycles. The molecule has 0 saturated heterocycles. The van der Waals surface area contributed by atoms with Gasteiger partial charge in [0.2, 0.25) is 0 Å². The van der Waals surface area contributed by atoms with Crippen molar-refractivity contribution in [1.82, 2.24) is 0 Å². The maximum absolute atomic E-state index is 11.2. The third-order valence-corrected chi connectivity index (χ3v) is 2.88. The molecule has 2 rings (SSSR count). The SMILES string of the molecule is COC(=O)CC(N)c1cccc(Oc2ccccc2)c1. The molecule has 0 bridgehead atoms. The van der Waals surface area contributed by atoms with E-state index in [0.717, 1.165) is 11.3 Å². The molecule has 0 amide bonds. The van der Waals surface area contributed by atoms with Gasteiger partial charge in [-0.05, 0) is 29.8 Å². The number of benzene rings is 2. The zero-order chi connectivity index (χ0) is 14.4. The van der Waals surface area contributed by atoms with Crippen LogP contribution in [0.2, 0.25) is 0 Å². The predicted octanol–water partition coefficient (Wildman–Crippen LogP) is 3.04. The van der Waals surface area contributed by atoms with Crippen molar-refractivity contribution in [2.24, 2.45) is 5.73 Å². The summed E-state index contributed by atoms with van der Waals surface area (Å²) >= 11 is 0. The van der Waals surface area contributed by atoms with Crippen molar-refractivity contribution in [3.05, 3.63) is 60.2 Å². The fourth-order valence-electron chi connectivity index (χ4n) is 1.81. The Hall–Kier alpha value is -2.33. The third kappa shape index (κ3) is 3.83. The van der Waals surface area contributed by atoms with Crippen LogP contribution in [0.1, 0.15) is 18.0 Å². The van der Waals surface area contributed by atoms with Crippen LogP contribution in [0.5, 0.6) is 11.5 Å². The van der Waals surface area contributed by atoms with Crippen LogP contribution >= 0.6 is 0 Å². The maximum Gasteiger partial charge on any atom is 0.307 e. The summed E-state index contributed by atoms with van der Waals surface area (Å²) in [7, 11) is 1.35. The Morgan fingerprint density at radius 2 is 1.80 bits per heavy atom. The van der Waals surface area contributed by atoms with E-state index in [1.165, 1.54) is 7.11 Å². The second kappa shape index (κ2) is 6.73. The van der Waals surface area contributed by atoms with Crippen LogP contribution in [-0.2, 0) is 9.53 Å². The lowest BCUT2D eigenvalue weighted by Crippen LogP contribution is -2.16. The summed E-state index contributed by atoms with van der Waals surface area (Å²) in [6, 6.07) is 16.5.